The van der Waals surface area contributed by atoms with Crippen LogP contribution in [-0.2, 0) is 0 Å². The fourth-order valence-corrected chi connectivity index (χ4v) is 2.46. The number of rotatable bonds is 3. The van der Waals surface area contributed by atoms with Crippen molar-refractivity contribution in [2.75, 3.05) is 13.7 Å². The van der Waals surface area contributed by atoms with Crippen LogP contribution >= 0.6 is 0 Å². The second-order valence-electron chi connectivity index (χ2n) is 5.52. The first-order valence-corrected chi connectivity index (χ1v) is 6.26. The maximum atomic E-state index is 9.40. The summed E-state index contributed by atoms with van der Waals surface area (Å²) in [7, 11) is 2.04. The van der Waals surface area contributed by atoms with Gasteiger partial charge in [0.25, 0.3) is 0 Å². The molecule has 16 heavy (non-hydrogen) atoms. The molecule has 0 heterocycles. The quantitative estimate of drug-likeness (QED) is 0.747. The third-order valence-corrected chi connectivity index (χ3v) is 3.98. The van der Waals surface area contributed by atoms with Crippen molar-refractivity contribution in [1.82, 2.24) is 4.90 Å². The molecule has 0 aliphatic heterocycles. The van der Waals surface area contributed by atoms with Gasteiger partial charge in [-0.3, -0.25) is 4.90 Å². The Morgan fingerprint density at radius 1 is 1.31 bits per heavy atom. The number of nitrogens with zero attached hydrogens (tertiary/aromatic N) is 2. The van der Waals surface area contributed by atoms with E-state index in [1.165, 1.54) is 19.3 Å². The topological polar surface area (TPSA) is 47.3 Å². The van der Waals surface area contributed by atoms with E-state index in [0.29, 0.717) is 6.04 Å². The summed E-state index contributed by atoms with van der Waals surface area (Å²) in [4.78, 5) is 2.20. The van der Waals surface area contributed by atoms with Crippen molar-refractivity contribution >= 4 is 0 Å². The Hall–Kier alpha value is -0.590. The Bertz CT molecular complexity index is 257. The van der Waals surface area contributed by atoms with Crippen LogP contribution in [0.1, 0.15) is 46.0 Å². The first-order valence-electron chi connectivity index (χ1n) is 6.26. The monoisotopic (exact) mass is 224 g/mol. The van der Waals surface area contributed by atoms with Gasteiger partial charge in [-0.2, -0.15) is 5.26 Å². The highest BCUT2D eigenvalue weighted by Crippen LogP contribution is 2.30. The maximum Gasteiger partial charge on any atom is 0.0672 e. The van der Waals surface area contributed by atoms with Gasteiger partial charge in [0.2, 0.25) is 0 Å². The third kappa shape index (κ3) is 2.96. The van der Waals surface area contributed by atoms with Gasteiger partial charge in [0, 0.05) is 11.6 Å². The number of likely N-dealkylation sites (N-methyl/N-ethyl adjacent to an activating group) is 1. The van der Waals surface area contributed by atoms with Crippen LogP contribution in [0.4, 0.5) is 0 Å². The number of aliphatic hydroxyl groups is 1. The van der Waals surface area contributed by atoms with E-state index < -0.39 is 0 Å². The van der Waals surface area contributed by atoms with Crippen LogP contribution < -0.4 is 0 Å². The van der Waals surface area contributed by atoms with Crippen LogP contribution in [0.15, 0.2) is 0 Å². The molecule has 92 valence electrons. The van der Waals surface area contributed by atoms with E-state index in [2.05, 4.69) is 11.0 Å². The molecule has 0 radical (unpaired) electrons. The molecule has 1 rings (SSSR count). The van der Waals surface area contributed by atoms with Crippen molar-refractivity contribution < 1.29 is 5.11 Å². The Kier molecular flexibility index (Phi) is 4.76. The van der Waals surface area contributed by atoms with Crippen LogP contribution in [0.5, 0.6) is 0 Å². The fraction of sp³-hybridized carbons (Fsp3) is 0.923. The maximum absolute atomic E-state index is 9.40. The van der Waals surface area contributed by atoms with Gasteiger partial charge in [-0.1, -0.05) is 19.3 Å². The van der Waals surface area contributed by atoms with Gasteiger partial charge in [-0.15, -0.1) is 0 Å². The zero-order chi connectivity index (χ0) is 12.2. The summed E-state index contributed by atoms with van der Waals surface area (Å²) in [5.41, 5.74) is -0.232. The van der Waals surface area contributed by atoms with E-state index in [9.17, 15) is 10.4 Å². The molecule has 1 saturated carbocycles. The summed E-state index contributed by atoms with van der Waals surface area (Å²) >= 11 is 0. The molecule has 0 saturated heterocycles. The predicted octanol–water partition coefficient (Wildman–Crippen LogP) is 2.16. The molecule has 3 heteroatoms. The van der Waals surface area contributed by atoms with E-state index in [1.54, 1.807) is 0 Å². The minimum atomic E-state index is -0.232. The molecule has 2 unspecified atom stereocenters. The average molecular weight is 224 g/mol. The highest BCUT2D eigenvalue weighted by atomic mass is 16.3. The lowest BCUT2D eigenvalue weighted by Crippen LogP contribution is -2.52. The molecule has 0 amide bonds. The number of hydrogen-bond acceptors (Lipinski definition) is 3. The minimum absolute atomic E-state index is 0.123. The van der Waals surface area contributed by atoms with Crippen molar-refractivity contribution in [1.29, 1.82) is 5.26 Å². The molecular formula is C13H24N2O. The van der Waals surface area contributed by atoms with Gasteiger partial charge in [0.15, 0.2) is 0 Å². The molecule has 0 aromatic carbocycles. The molecule has 0 bridgehead atoms. The van der Waals surface area contributed by atoms with E-state index in [4.69, 9.17) is 0 Å². The molecule has 2 atom stereocenters. The second-order valence-corrected chi connectivity index (χ2v) is 5.52. The van der Waals surface area contributed by atoms with Gasteiger partial charge in [0.1, 0.15) is 0 Å². The zero-order valence-corrected chi connectivity index (χ0v) is 10.7. The molecule has 1 aliphatic rings. The summed E-state index contributed by atoms with van der Waals surface area (Å²) in [5.74, 6) is 0.123. The van der Waals surface area contributed by atoms with Crippen LogP contribution in [0.2, 0.25) is 0 Å². The van der Waals surface area contributed by atoms with Crippen molar-refractivity contribution in [3.63, 3.8) is 0 Å². The molecule has 1 aliphatic carbocycles. The summed E-state index contributed by atoms with van der Waals surface area (Å²) in [6, 6.07) is 2.75. The third-order valence-electron chi connectivity index (χ3n) is 3.98. The molecule has 0 spiro atoms. The van der Waals surface area contributed by atoms with Gasteiger partial charge >= 0.3 is 0 Å². The van der Waals surface area contributed by atoms with Crippen LogP contribution in [0.25, 0.3) is 0 Å². The number of nitriles is 1. The first kappa shape index (κ1) is 13.5. The van der Waals surface area contributed by atoms with Crippen molar-refractivity contribution in [2.45, 2.75) is 57.5 Å². The SMILES string of the molecule is CN(C1CCCCCC1C#N)C(C)(C)CO. The standard InChI is InChI=1S/C13H24N2O/c1-13(2,10-16)15(3)12-8-6-4-5-7-11(12)9-14/h11-12,16H,4-8,10H2,1-3H3. The van der Waals surface area contributed by atoms with Crippen LogP contribution in [-0.4, -0.2) is 35.2 Å². The average Bonchev–Trinajstić information content (AvgIpc) is 2.52. The van der Waals surface area contributed by atoms with E-state index in [1.807, 2.05) is 20.9 Å². The Labute approximate surface area is 99.1 Å². The minimum Gasteiger partial charge on any atom is -0.394 e. The lowest BCUT2D eigenvalue weighted by Gasteiger charge is -2.41. The van der Waals surface area contributed by atoms with Crippen LogP contribution in [0.3, 0.4) is 0 Å². The smallest absolute Gasteiger partial charge is 0.0672 e. The second kappa shape index (κ2) is 5.65. The van der Waals surface area contributed by atoms with Crippen molar-refractivity contribution in [3.8, 4) is 6.07 Å². The largest absolute Gasteiger partial charge is 0.394 e. The van der Waals surface area contributed by atoms with Crippen molar-refractivity contribution in [3.05, 3.63) is 0 Å². The normalized spacial score (nSPS) is 27.5. The van der Waals surface area contributed by atoms with Crippen LogP contribution in [0, 0.1) is 17.2 Å². The Balaban J connectivity index is 2.78. The zero-order valence-electron chi connectivity index (χ0n) is 10.7. The molecule has 1 N–H and O–H groups in total. The van der Waals surface area contributed by atoms with Gasteiger partial charge < -0.3 is 5.11 Å². The lowest BCUT2D eigenvalue weighted by molar-refractivity contribution is 0.0289. The predicted molar refractivity (Wildman–Crippen MR) is 64.9 cm³/mol. The molecule has 0 aromatic heterocycles. The molecule has 3 nitrogen and oxygen atoms in total. The van der Waals surface area contributed by atoms with Gasteiger partial charge in [-0.25, -0.2) is 0 Å². The molecular weight excluding hydrogens is 200 g/mol. The van der Waals surface area contributed by atoms with Crippen molar-refractivity contribution in [2.24, 2.45) is 5.92 Å². The van der Waals surface area contributed by atoms with E-state index in [0.717, 1.165) is 12.8 Å². The number of aliphatic hydroxyl groups excluding tert-OH is 1. The van der Waals surface area contributed by atoms with Gasteiger partial charge in [0.05, 0.1) is 18.6 Å². The summed E-state index contributed by atoms with van der Waals surface area (Å²) in [6.45, 7) is 4.21. The Morgan fingerprint density at radius 3 is 2.50 bits per heavy atom. The first-order chi connectivity index (χ1) is 7.53. The highest BCUT2D eigenvalue weighted by molar-refractivity contribution is 4.97. The summed E-state index contributed by atoms with van der Waals surface area (Å²) in [5, 5.41) is 18.6. The summed E-state index contributed by atoms with van der Waals surface area (Å²) < 4.78 is 0. The fourth-order valence-electron chi connectivity index (χ4n) is 2.46. The van der Waals surface area contributed by atoms with Gasteiger partial charge in [-0.05, 0) is 33.7 Å². The molecule has 0 aromatic rings. The van der Waals surface area contributed by atoms with E-state index in [-0.39, 0.29) is 18.1 Å². The lowest BCUT2D eigenvalue weighted by atomic mass is 9.91. The summed E-state index contributed by atoms with van der Waals surface area (Å²) in [6.07, 6.45) is 5.70. The molecule has 1 fully saturated rings. The van der Waals surface area contributed by atoms with E-state index >= 15 is 0 Å². The number of hydrogen-bond donors (Lipinski definition) is 1. The Morgan fingerprint density at radius 2 is 1.94 bits per heavy atom. The highest BCUT2D eigenvalue weighted by Gasteiger charge is 2.34.